The van der Waals surface area contributed by atoms with E-state index in [1.807, 2.05) is 18.2 Å². The zero-order valence-corrected chi connectivity index (χ0v) is 9.61. The molecule has 4 heteroatoms. The quantitative estimate of drug-likeness (QED) is 0.545. The Balaban J connectivity index is 0.000000810. The molecule has 0 fully saturated rings. The van der Waals surface area contributed by atoms with Gasteiger partial charge >= 0.3 is 0 Å². The van der Waals surface area contributed by atoms with Gasteiger partial charge in [-0.2, -0.15) is 0 Å². The Bertz CT molecular complexity index is 190. The van der Waals surface area contributed by atoms with E-state index in [1.165, 1.54) is 0 Å². The van der Waals surface area contributed by atoms with Crippen LogP contribution in [0.4, 0.5) is 0 Å². The molecular formula is C6H7O2PZn. The van der Waals surface area contributed by atoms with Gasteiger partial charge in [0.25, 0.3) is 0 Å². The number of benzene rings is 1. The maximum atomic E-state index is 9.96. The predicted molar refractivity (Wildman–Crippen MR) is 37.5 cm³/mol. The molecule has 0 N–H and O–H groups in total. The SMILES string of the molecule is O=[PH2]Oc1ccccc1.[Zn]. The molecule has 0 radical (unpaired) electrons. The third kappa shape index (κ3) is 3.15. The van der Waals surface area contributed by atoms with Gasteiger partial charge in [-0.05, 0) is 12.1 Å². The van der Waals surface area contributed by atoms with Crippen molar-refractivity contribution in [2.24, 2.45) is 0 Å². The number of para-hydroxylation sites is 1. The first kappa shape index (κ1) is 9.87. The molecule has 0 bridgehead atoms. The van der Waals surface area contributed by atoms with E-state index < -0.39 is 8.69 Å². The van der Waals surface area contributed by atoms with Crippen LogP contribution in [0.1, 0.15) is 0 Å². The van der Waals surface area contributed by atoms with E-state index in [1.54, 1.807) is 12.1 Å². The second-order valence-corrected chi connectivity index (χ2v) is 1.96. The van der Waals surface area contributed by atoms with E-state index >= 15 is 0 Å². The summed E-state index contributed by atoms with van der Waals surface area (Å²) in [5.41, 5.74) is 0. The van der Waals surface area contributed by atoms with Crippen molar-refractivity contribution in [3.63, 3.8) is 0 Å². The summed E-state index contributed by atoms with van der Waals surface area (Å²) in [4.78, 5) is 0. The first-order valence-electron chi connectivity index (χ1n) is 2.59. The van der Waals surface area contributed by atoms with Crippen molar-refractivity contribution in [3.8, 4) is 5.75 Å². The summed E-state index contributed by atoms with van der Waals surface area (Å²) in [7, 11) is -1.12. The van der Waals surface area contributed by atoms with Crippen LogP contribution in [-0.4, -0.2) is 0 Å². The monoisotopic (exact) mass is 206 g/mol. The zero-order chi connectivity index (χ0) is 6.53. The van der Waals surface area contributed by atoms with Gasteiger partial charge in [-0.25, -0.2) is 0 Å². The molecule has 0 saturated heterocycles. The maximum absolute atomic E-state index is 9.96. The van der Waals surface area contributed by atoms with Crippen molar-refractivity contribution >= 4 is 8.69 Å². The van der Waals surface area contributed by atoms with Crippen molar-refractivity contribution in [1.29, 1.82) is 0 Å². The summed E-state index contributed by atoms with van der Waals surface area (Å²) in [6.07, 6.45) is 0. The van der Waals surface area contributed by atoms with Gasteiger partial charge in [-0.3, -0.25) is 4.57 Å². The van der Waals surface area contributed by atoms with Crippen molar-refractivity contribution in [2.75, 3.05) is 0 Å². The van der Waals surface area contributed by atoms with Gasteiger partial charge in [-0.15, -0.1) is 0 Å². The fourth-order valence-corrected chi connectivity index (χ4v) is 0.823. The minimum absolute atomic E-state index is 0. The van der Waals surface area contributed by atoms with Crippen LogP contribution in [0.5, 0.6) is 5.75 Å². The minimum Gasteiger partial charge on any atom is -0.447 e. The number of hydrogen-bond donors (Lipinski definition) is 0. The zero-order valence-electron chi connectivity index (χ0n) is 5.49. The Morgan fingerprint density at radius 1 is 1.20 bits per heavy atom. The van der Waals surface area contributed by atoms with Crippen molar-refractivity contribution < 1.29 is 28.6 Å². The molecule has 1 atom stereocenters. The molecule has 2 nitrogen and oxygen atoms in total. The summed E-state index contributed by atoms with van der Waals surface area (Å²) in [6, 6.07) is 9.09. The minimum atomic E-state index is -1.12. The van der Waals surface area contributed by atoms with Crippen LogP contribution < -0.4 is 4.52 Å². The molecule has 1 aromatic carbocycles. The van der Waals surface area contributed by atoms with Gasteiger partial charge in [0.15, 0.2) is 0 Å². The van der Waals surface area contributed by atoms with Crippen LogP contribution in [0.25, 0.3) is 0 Å². The average Bonchev–Trinajstić information content (AvgIpc) is 1.91. The Hall–Kier alpha value is -0.127. The van der Waals surface area contributed by atoms with E-state index in [2.05, 4.69) is 0 Å². The fourth-order valence-electron chi connectivity index (χ4n) is 0.555. The van der Waals surface area contributed by atoms with Gasteiger partial charge in [0, 0.05) is 19.5 Å². The summed E-state index contributed by atoms with van der Waals surface area (Å²) >= 11 is 0. The third-order valence-electron chi connectivity index (χ3n) is 0.927. The topological polar surface area (TPSA) is 26.3 Å². The summed E-state index contributed by atoms with van der Waals surface area (Å²) in [6.45, 7) is 0. The van der Waals surface area contributed by atoms with Gasteiger partial charge in [0.2, 0.25) is 8.69 Å². The molecule has 0 heterocycles. The molecule has 1 aromatic rings. The molecule has 0 aliphatic heterocycles. The largest absolute Gasteiger partial charge is 0.447 e. The molecule has 0 spiro atoms. The maximum Gasteiger partial charge on any atom is 0.225 e. The van der Waals surface area contributed by atoms with E-state index in [9.17, 15) is 4.57 Å². The molecular weight excluding hydrogens is 200 g/mol. The summed E-state index contributed by atoms with van der Waals surface area (Å²) < 4.78 is 14.7. The molecule has 10 heavy (non-hydrogen) atoms. The molecule has 1 unspecified atom stereocenters. The second-order valence-electron chi connectivity index (χ2n) is 1.53. The van der Waals surface area contributed by atoms with Crippen LogP contribution in [0.3, 0.4) is 0 Å². The van der Waals surface area contributed by atoms with E-state index in [0.717, 1.165) is 0 Å². The first-order valence-corrected chi connectivity index (χ1v) is 3.53. The van der Waals surface area contributed by atoms with Gasteiger partial charge in [0.05, 0.1) is 0 Å². The van der Waals surface area contributed by atoms with Crippen LogP contribution in [0, 0.1) is 0 Å². The summed E-state index contributed by atoms with van der Waals surface area (Å²) in [5.74, 6) is 0.669. The standard InChI is InChI=1S/C6H7O2P.Zn/c7-9-8-6-4-2-1-3-5-6;/h1-5H,9H2;. The van der Waals surface area contributed by atoms with Crippen LogP contribution in [0.15, 0.2) is 30.3 Å². The Morgan fingerprint density at radius 3 is 2.30 bits per heavy atom. The smallest absolute Gasteiger partial charge is 0.225 e. The molecule has 0 aromatic heterocycles. The van der Waals surface area contributed by atoms with Gasteiger partial charge in [0.1, 0.15) is 5.75 Å². The van der Waals surface area contributed by atoms with E-state index in [-0.39, 0.29) is 19.5 Å². The number of hydrogen-bond acceptors (Lipinski definition) is 2. The second kappa shape index (κ2) is 5.64. The van der Waals surface area contributed by atoms with Crippen molar-refractivity contribution in [3.05, 3.63) is 30.3 Å². The first-order chi connectivity index (χ1) is 4.43. The summed E-state index contributed by atoms with van der Waals surface area (Å²) in [5, 5.41) is 0. The van der Waals surface area contributed by atoms with E-state index in [0.29, 0.717) is 5.75 Å². The van der Waals surface area contributed by atoms with Crippen LogP contribution in [0.2, 0.25) is 0 Å². The van der Waals surface area contributed by atoms with Crippen molar-refractivity contribution in [2.45, 2.75) is 0 Å². The molecule has 0 aliphatic rings. The molecule has 0 amide bonds. The van der Waals surface area contributed by atoms with Gasteiger partial charge < -0.3 is 4.52 Å². The molecule has 0 saturated carbocycles. The number of rotatable bonds is 2. The predicted octanol–water partition coefficient (Wildman–Crippen LogP) is 1.73. The molecule has 50 valence electrons. The van der Waals surface area contributed by atoms with Crippen LogP contribution >= 0.6 is 8.69 Å². The van der Waals surface area contributed by atoms with Gasteiger partial charge in [-0.1, -0.05) is 18.2 Å². The molecule has 1 rings (SSSR count). The Morgan fingerprint density at radius 2 is 1.80 bits per heavy atom. The fraction of sp³-hybridized carbons (Fsp3) is 0. The van der Waals surface area contributed by atoms with Crippen LogP contribution in [-0.2, 0) is 24.0 Å². The third-order valence-corrected chi connectivity index (χ3v) is 1.30. The molecule has 0 aliphatic carbocycles. The normalized spacial score (nSPS) is 9.20. The van der Waals surface area contributed by atoms with Crippen molar-refractivity contribution in [1.82, 2.24) is 0 Å². The Labute approximate surface area is 73.6 Å². The average molecular weight is 207 g/mol. The Kier molecular flexibility index (Phi) is 5.57. The van der Waals surface area contributed by atoms with E-state index in [4.69, 9.17) is 4.52 Å².